The van der Waals surface area contributed by atoms with E-state index < -0.39 is 11.9 Å². The Morgan fingerprint density at radius 1 is 1.08 bits per heavy atom. The van der Waals surface area contributed by atoms with Crippen molar-refractivity contribution in [2.45, 2.75) is 13.3 Å². The molecule has 132 valence electrons. The van der Waals surface area contributed by atoms with E-state index in [1.165, 1.54) is 17.4 Å². The predicted molar refractivity (Wildman–Crippen MR) is 102 cm³/mol. The first-order valence-electron chi connectivity index (χ1n) is 8.04. The molecule has 0 spiro atoms. The van der Waals surface area contributed by atoms with Gasteiger partial charge in [0.2, 0.25) is 0 Å². The third-order valence-corrected chi connectivity index (χ3v) is 4.78. The van der Waals surface area contributed by atoms with Crippen molar-refractivity contribution in [3.05, 3.63) is 64.8 Å². The van der Waals surface area contributed by atoms with Crippen molar-refractivity contribution in [1.29, 1.82) is 0 Å². The molecule has 0 unspecified atom stereocenters. The van der Waals surface area contributed by atoms with Crippen LogP contribution in [0.5, 0.6) is 5.75 Å². The van der Waals surface area contributed by atoms with Gasteiger partial charge in [-0.2, -0.15) is 0 Å². The van der Waals surface area contributed by atoms with Gasteiger partial charge in [-0.25, -0.2) is 4.79 Å². The number of rotatable bonds is 5. The van der Waals surface area contributed by atoms with Gasteiger partial charge in [0, 0.05) is 26.2 Å². The van der Waals surface area contributed by atoms with Crippen LogP contribution in [0.2, 0.25) is 0 Å². The van der Waals surface area contributed by atoms with Crippen molar-refractivity contribution in [2.75, 3.05) is 6.61 Å². The first kappa shape index (κ1) is 17.8. The summed E-state index contributed by atoms with van der Waals surface area (Å²) in [4.78, 5) is 35.7. The summed E-state index contributed by atoms with van der Waals surface area (Å²) in [6.45, 7) is 1.64. The molecule has 0 N–H and O–H groups in total. The summed E-state index contributed by atoms with van der Waals surface area (Å²) in [5, 5.41) is 1.16. The summed E-state index contributed by atoms with van der Waals surface area (Å²) in [5.41, 5.74) is -0.0902. The molecule has 1 aromatic heterocycles. The highest BCUT2D eigenvalue weighted by molar-refractivity contribution is 7.24. The minimum Gasteiger partial charge on any atom is -0.462 e. The SMILES string of the molecule is CC=CC(=O)OCCC(=O)Oc1ccc2sc3ccccc3c(=O)c2c1. The average Bonchev–Trinajstić information content (AvgIpc) is 2.63. The van der Waals surface area contributed by atoms with E-state index in [4.69, 9.17) is 9.47 Å². The van der Waals surface area contributed by atoms with E-state index in [0.29, 0.717) is 16.5 Å². The highest BCUT2D eigenvalue weighted by Crippen LogP contribution is 2.27. The molecule has 0 fully saturated rings. The van der Waals surface area contributed by atoms with Gasteiger partial charge in [-0.05, 0) is 37.3 Å². The fourth-order valence-electron chi connectivity index (χ4n) is 2.45. The van der Waals surface area contributed by atoms with Gasteiger partial charge in [0.1, 0.15) is 12.4 Å². The van der Waals surface area contributed by atoms with E-state index in [0.717, 1.165) is 9.40 Å². The summed E-state index contributed by atoms with van der Waals surface area (Å²) < 4.78 is 11.8. The van der Waals surface area contributed by atoms with Crippen LogP contribution in [0.15, 0.2) is 59.4 Å². The van der Waals surface area contributed by atoms with Gasteiger partial charge in [-0.1, -0.05) is 18.2 Å². The minimum absolute atomic E-state index is 0.0604. The van der Waals surface area contributed by atoms with Gasteiger partial charge in [0.25, 0.3) is 0 Å². The molecule has 5 nitrogen and oxygen atoms in total. The number of carbonyl (C=O) groups is 2. The molecule has 0 radical (unpaired) electrons. The molecule has 0 atom stereocenters. The fourth-order valence-corrected chi connectivity index (χ4v) is 3.50. The number of esters is 2. The molecule has 3 rings (SSSR count). The highest BCUT2D eigenvalue weighted by Gasteiger charge is 2.10. The topological polar surface area (TPSA) is 69.7 Å². The van der Waals surface area contributed by atoms with Gasteiger partial charge >= 0.3 is 11.9 Å². The Morgan fingerprint density at radius 2 is 1.85 bits per heavy atom. The second-order valence-electron chi connectivity index (χ2n) is 5.48. The summed E-state index contributed by atoms with van der Waals surface area (Å²) in [7, 11) is 0. The molecule has 3 aromatic rings. The summed E-state index contributed by atoms with van der Waals surface area (Å²) >= 11 is 1.51. The third-order valence-electron chi connectivity index (χ3n) is 3.63. The molecule has 1 heterocycles. The Kier molecular flexibility index (Phi) is 5.43. The average molecular weight is 368 g/mol. The zero-order valence-corrected chi connectivity index (χ0v) is 14.9. The Hall–Kier alpha value is -2.99. The Bertz CT molecular complexity index is 1060. The van der Waals surface area contributed by atoms with Gasteiger partial charge in [0.05, 0.1) is 6.42 Å². The Morgan fingerprint density at radius 3 is 2.65 bits per heavy atom. The van der Waals surface area contributed by atoms with E-state index in [1.54, 1.807) is 37.3 Å². The molecule has 0 bridgehead atoms. The monoisotopic (exact) mass is 368 g/mol. The predicted octanol–water partition coefficient (Wildman–Crippen LogP) is 3.83. The lowest BCUT2D eigenvalue weighted by Crippen LogP contribution is -2.13. The summed E-state index contributed by atoms with van der Waals surface area (Å²) in [6, 6.07) is 12.4. The van der Waals surface area contributed by atoms with Crippen LogP contribution in [0.25, 0.3) is 20.2 Å². The van der Waals surface area contributed by atoms with Crippen molar-refractivity contribution in [2.24, 2.45) is 0 Å². The number of hydrogen-bond acceptors (Lipinski definition) is 6. The maximum absolute atomic E-state index is 12.6. The van der Waals surface area contributed by atoms with Gasteiger partial charge in [-0.15, -0.1) is 11.3 Å². The van der Waals surface area contributed by atoms with Crippen LogP contribution in [-0.4, -0.2) is 18.5 Å². The highest BCUT2D eigenvalue weighted by atomic mass is 32.1. The molecule has 0 amide bonds. The van der Waals surface area contributed by atoms with Gasteiger partial charge < -0.3 is 9.47 Å². The summed E-state index contributed by atoms with van der Waals surface area (Å²) in [5.74, 6) is -0.744. The molecular formula is C20H16O5S. The van der Waals surface area contributed by atoms with Crippen LogP contribution in [0.4, 0.5) is 0 Å². The molecule has 0 aliphatic heterocycles. The van der Waals surface area contributed by atoms with Crippen LogP contribution < -0.4 is 10.2 Å². The van der Waals surface area contributed by atoms with Crippen LogP contribution in [0.3, 0.4) is 0 Å². The van der Waals surface area contributed by atoms with Crippen molar-refractivity contribution >= 4 is 43.4 Å². The quantitative estimate of drug-likeness (QED) is 0.296. The first-order chi connectivity index (χ1) is 12.6. The van der Waals surface area contributed by atoms with E-state index in [2.05, 4.69) is 0 Å². The molecule has 0 aliphatic carbocycles. The van der Waals surface area contributed by atoms with Crippen molar-refractivity contribution in [3.63, 3.8) is 0 Å². The number of fused-ring (bicyclic) bond motifs is 2. The standard InChI is InChI=1S/C20H16O5S/c1-2-5-18(21)24-11-10-19(22)25-13-8-9-17-15(12-13)20(23)14-6-3-4-7-16(14)26-17/h2-9,12H,10-11H2,1H3. The Labute approximate surface area is 153 Å². The van der Waals surface area contributed by atoms with Crippen molar-refractivity contribution in [3.8, 4) is 5.75 Å². The zero-order chi connectivity index (χ0) is 18.5. The van der Waals surface area contributed by atoms with Crippen LogP contribution in [-0.2, 0) is 14.3 Å². The molecular weight excluding hydrogens is 352 g/mol. The number of benzene rings is 2. The van der Waals surface area contributed by atoms with Gasteiger partial charge in [-0.3, -0.25) is 9.59 Å². The number of allylic oxidation sites excluding steroid dienone is 1. The lowest BCUT2D eigenvalue weighted by Gasteiger charge is -2.06. The second-order valence-corrected chi connectivity index (χ2v) is 6.56. The first-order valence-corrected chi connectivity index (χ1v) is 8.86. The molecule has 0 aliphatic rings. The lowest BCUT2D eigenvalue weighted by atomic mass is 10.2. The van der Waals surface area contributed by atoms with Crippen molar-refractivity contribution < 1.29 is 19.1 Å². The molecule has 26 heavy (non-hydrogen) atoms. The zero-order valence-electron chi connectivity index (χ0n) is 14.1. The second kappa shape index (κ2) is 7.93. The van der Waals surface area contributed by atoms with E-state index in [-0.39, 0.29) is 18.5 Å². The third kappa shape index (κ3) is 3.97. The maximum Gasteiger partial charge on any atom is 0.330 e. The maximum atomic E-state index is 12.6. The number of carbonyl (C=O) groups excluding carboxylic acids is 2. The fraction of sp³-hybridized carbons (Fsp3) is 0.150. The molecule has 6 heteroatoms. The van der Waals surface area contributed by atoms with Crippen LogP contribution in [0, 0.1) is 0 Å². The minimum atomic E-state index is -0.533. The summed E-state index contributed by atoms with van der Waals surface area (Å²) in [6.07, 6.45) is 2.77. The largest absolute Gasteiger partial charge is 0.462 e. The van der Waals surface area contributed by atoms with Crippen molar-refractivity contribution in [1.82, 2.24) is 0 Å². The lowest BCUT2D eigenvalue weighted by molar-refractivity contribution is -0.141. The normalized spacial score (nSPS) is 11.1. The Balaban J connectivity index is 1.75. The van der Waals surface area contributed by atoms with E-state index >= 15 is 0 Å². The van der Waals surface area contributed by atoms with Crippen LogP contribution in [0.1, 0.15) is 13.3 Å². The van der Waals surface area contributed by atoms with E-state index in [9.17, 15) is 14.4 Å². The molecule has 0 saturated carbocycles. The smallest absolute Gasteiger partial charge is 0.330 e. The number of hydrogen-bond donors (Lipinski definition) is 0. The molecule has 0 saturated heterocycles. The van der Waals surface area contributed by atoms with Gasteiger partial charge in [0.15, 0.2) is 5.43 Å². The number of ether oxygens (including phenoxy) is 2. The van der Waals surface area contributed by atoms with E-state index in [1.807, 2.05) is 18.2 Å². The van der Waals surface area contributed by atoms with Crippen LogP contribution >= 0.6 is 11.3 Å². The molecule has 2 aromatic carbocycles.